The second-order valence-corrected chi connectivity index (χ2v) is 4.87. The van der Waals surface area contributed by atoms with E-state index >= 15 is 0 Å². The van der Waals surface area contributed by atoms with E-state index in [1.807, 2.05) is 0 Å². The average Bonchev–Trinajstić information content (AvgIpc) is 2.76. The number of carboxylic acids is 1. The molecule has 0 bridgehead atoms. The Bertz CT molecular complexity index is 467. The van der Waals surface area contributed by atoms with Gasteiger partial charge in [0.2, 0.25) is 0 Å². The van der Waals surface area contributed by atoms with Gasteiger partial charge in [0.1, 0.15) is 0 Å². The Kier molecular flexibility index (Phi) is 4.03. The van der Waals surface area contributed by atoms with E-state index in [1.165, 1.54) is 30.1 Å². The summed E-state index contributed by atoms with van der Waals surface area (Å²) < 4.78 is 0. The number of carboxylic acid groups (broad SMARTS) is 1. The van der Waals surface area contributed by atoms with E-state index in [0.717, 1.165) is 6.54 Å². The molecule has 1 saturated heterocycles. The molecule has 0 spiro atoms. The van der Waals surface area contributed by atoms with Crippen molar-refractivity contribution in [2.24, 2.45) is 0 Å². The molecule has 1 aliphatic rings. The summed E-state index contributed by atoms with van der Waals surface area (Å²) in [6.45, 7) is 2.05. The fourth-order valence-electron chi connectivity index (χ4n) is 1.61. The molecule has 0 aliphatic carbocycles. The monoisotopic (exact) mass is 267 g/mol. The largest absolute Gasteiger partial charge is 0.478 e. The van der Waals surface area contributed by atoms with Crippen LogP contribution in [0.1, 0.15) is 10.4 Å². The molecular formula is C11H13N3O3S. The Balaban J connectivity index is 1.84. The molecule has 1 aromatic heterocycles. The van der Waals surface area contributed by atoms with Gasteiger partial charge < -0.3 is 15.3 Å². The first-order valence-corrected chi connectivity index (χ1v) is 6.50. The Morgan fingerprint density at radius 1 is 1.61 bits per heavy atom. The standard InChI is InChI=1S/C11H13N3O3S/c15-10(16)8-1-2-12-9(7-8)18-6-5-14-4-3-13-11(14)17/h1-2,7H,3-6H2,(H,13,17)(H,15,16). The highest BCUT2D eigenvalue weighted by Gasteiger charge is 2.18. The molecule has 0 atom stereocenters. The number of nitrogens with one attached hydrogen (secondary N) is 1. The van der Waals surface area contributed by atoms with Crippen LogP contribution in [0.3, 0.4) is 0 Å². The van der Waals surface area contributed by atoms with Crippen LogP contribution in [0.5, 0.6) is 0 Å². The second-order valence-electron chi connectivity index (χ2n) is 3.76. The zero-order valence-corrected chi connectivity index (χ0v) is 10.4. The Hall–Kier alpha value is -1.76. The Labute approximate surface area is 108 Å². The van der Waals surface area contributed by atoms with Crippen LogP contribution < -0.4 is 5.32 Å². The second kappa shape index (κ2) is 5.72. The molecule has 1 aliphatic heterocycles. The third-order valence-corrected chi connectivity index (χ3v) is 3.44. The number of carbonyl (C=O) groups is 2. The van der Waals surface area contributed by atoms with Gasteiger partial charge in [0.25, 0.3) is 0 Å². The lowest BCUT2D eigenvalue weighted by molar-refractivity contribution is 0.0696. The van der Waals surface area contributed by atoms with Gasteiger partial charge in [-0.2, -0.15) is 0 Å². The third-order valence-electron chi connectivity index (χ3n) is 2.54. The summed E-state index contributed by atoms with van der Waals surface area (Å²) in [5.74, 6) is -0.262. The molecule has 0 saturated carbocycles. The maximum absolute atomic E-state index is 11.3. The van der Waals surface area contributed by atoms with Crippen molar-refractivity contribution in [3.8, 4) is 0 Å². The third kappa shape index (κ3) is 3.13. The minimum Gasteiger partial charge on any atom is -0.478 e. The maximum atomic E-state index is 11.3. The highest BCUT2D eigenvalue weighted by molar-refractivity contribution is 7.99. The Morgan fingerprint density at radius 3 is 3.11 bits per heavy atom. The van der Waals surface area contributed by atoms with Crippen molar-refractivity contribution < 1.29 is 14.7 Å². The van der Waals surface area contributed by atoms with Gasteiger partial charge in [-0.15, -0.1) is 11.8 Å². The number of urea groups is 1. The lowest BCUT2D eigenvalue weighted by atomic mass is 10.3. The van der Waals surface area contributed by atoms with Crippen molar-refractivity contribution >= 4 is 23.8 Å². The minimum atomic E-state index is -0.960. The van der Waals surface area contributed by atoms with Gasteiger partial charge in [0.15, 0.2) is 0 Å². The SMILES string of the molecule is O=C(O)c1ccnc(SCCN2CCNC2=O)c1. The molecule has 0 radical (unpaired) electrons. The first-order chi connectivity index (χ1) is 8.66. The molecular weight excluding hydrogens is 254 g/mol. The van der Waals surface area contributed by atoms with Crippen LogP contribution in [0.15, 0.2) is 23.4 Å². The van der Waals surface area contributed by atoms with Gasteiger partial charge in [-0.1, -0.05) is 0 Å². The topological polar surface area (TPSA) is 82.5 Å². The number of aromatic carboxylic acids is 1. The van der Waals surface area contributed by atoms with E-state index in [9.17, 15) is 9.59 Å². The fourth-order valence-corrected chi connectivity index (χ4v) is 2.47. The molecule has 0 unspecified atom stereocenters. The fraction of sp³-hybridized carbons (Fsp3) is 0.364. The summed E-state index contributed by atoms with van der Waals surface area (Å²) in [6.07, 6.45) is 1.48. The minimum absolute atomic E-state index is 0.0390. The molecule has 2 amide bonds. The number of thioether (sulfide) groups is 1. The molecule has 2 heterocycles. The van der Waals surface area contributed by atoms with E-state index in [4.69, 9.17) is 5.11 Å². The van der Waals surface area contributed by atoms with Crippen molar-refractivity contribution in [2.75, 3.05) is 25.4 Å². The van der Waals surface area contributed by atoms with Crippen LogP contribution >= 0.6 is 11.8 Å². The highest BCUT2D eigenvalue weighted by atomic mass is 32.2. The van der Waals surface area contributed by atoms with Gasteiger partial charge in [0.05, 0.1) is 10.6 Å². The molecule has 2 rings (SSSR count). The van der Waals surface area contributed by atoms with E-state index in [-0.39, 0.29) is 11.6 Å². The maximum Gasteiger partial charge on any atom is 0.335 e. The smallest absolute Gasteiger partial charge is 0.335 e. The van der Waals surface area contributed by atoms with E-state index in [0.29, 0.717) is 23.9 Å². The van der Waals surface area contributed by atoms with Crippen molar-refractivity contribution in [1.82, 2.24) is 15.2 Å². The van der Waals surface area contributed by atoms with Gasteiger partial charge in [0, 0.05) is 31.6 Å². The molecule has 0 aromatic carbocycles. The summed E-state index contributed by atoms with van der Waals surface area (Å²) in [4.78, 5) is 27.9. The predicted molar refractivity (Wildman–Crippen MR) is 66.9 cm³/mol. The number of nitrogens with zero attached hydrogens (tertiary/aromatic N) is 2. The van der Waals surface area contributed by atoms with Gasteiger partial charge >= 0.3 is 12.0 Å². The first kappa shape index (κ1) is 12.7. The lowest BCUT2D eigenvalue weighted by Gasteiger charge is -2.12. The van der Waals surface area contributed by atoms with Crippen molar-refractivity contribution in [3.63, 3.8) is 0 Å². The number of hydrogen-bond donors (Lipinski definition) is 2. The summed E-state index contributed by atoms with van der Waals surface area (Å²) in [7, 11) is 0. The predicted octanol–water partition coefficient (Wildman–Crippen LogP) is 0.897. The van der Waals surface area contributed by atoms with E-state index in [2.05, 4.69) is 10.3 Å². The molecule has 96 valence electrons. The summed E-state index contributed by atoms with van der Waals surface area (Å²) in [6, 6.07) is 2.96. The molecule has 2 N–H and O–H groups in total. The van der Waals surface area contributed by atoms with E-state index in [1.54, 1.807) is 4.90 Å². The average molecular weight is 267 g/mol. The first-order valence-electron chi connectivity index (χ1n) is 5.52. The van der Waals surface area contributed by atoms with Crippen LogP contribution in [0, 0.1) is 0 Å². The summed E-state index contributed by atoms with van der Waals surface area (Å²) in [5.41, 5.74) is 0.228. The summed E-state index contributed by atoms with van der Waals surface area (Å²) in [5, 5.41) is 12.2. The molecule has 7 heteroatoms. The van der Waals surface area contributed by atoms with Crippen LogP contribution in [0.2, 0.25) is 0 Å². The number of hydrogen-bond acceptors (Lipinski definition) is 4. The van der Waals surface area contributed by atoms with Gasteiger partial charge in [-0.05, 0) is 12.1 Å². The molecule has 6 nitrogen and oxygen atoms in total. The van der Waals surface area contributed by atoms with Crippen LogP contribution in [-0.4, -0.2) is 52.4 Å². The van der Waals surface area contributed by atoms with Gasteiger partial charge in [-0.25, -0.2) is 14.6 Å². The van der Waals surface area contributed by atoms with Crippen molar-refractivity contribution in [3.05, 3.63) is 23.9 Å². The molecule has 1 fully saturated rings. The normalized spacial score (nSPS) is 14.7. The summed E-state index contributed by atoms with van der Waals surface area (Å²) >= 11 is 1.44. The lowest BCUT2D eigenvalue weighted by Crippen LogP contribution is -2.30. The number of rotatable bonds is 5. The zero-order valence-electron chi connectivity index (χ0n) is 9.63. The van der Waals surface area contributed by atoms with E-state index < -0.39 is 5.97 Å². The Morgan fingerprint density at radius 2 is 2.44 bits per heavy atom. The number of carbonyl (C=O) groups excluding carboxylic acids is 1. The van der Waals surface area contributed by atoms with Crippen molar-refractivity contribution in [2.45, 2.75) is 5.03 Å². The zero-order chi connectivity index (χ0) is 13.0. The van der Waals surface area contributed by atoms with Crippen LogP contribution in [0.4, 0.5) is 4.79 Å². The van der Waals surface area contributed by atoms with Crippen molar-refractivity contribution in [1.29, 1.82) is 0 Å². The van der Waals surface area contributed by atoms with Gasteiger partial charge in [-0.3, -0.25) is 0 Å². The number of aromatic nitrogens is 1. The quantitative estimate of drug-likeness (QED) is 0.774. The number of amides is 2. The van der Waals surface area contributed by atoms with Crippen LogP contribution in [-0.2, 0) is 0 Å². The highest BCUT2D eigenvalue weighted by Crippen LogP contribution is 2.16. The van der Waals surface area contributed by atoms with Crippen LogP contribution in [0.25, 0.3) is 0 Å². The number of pyridine rings is 1. The molecule has 18 heavy (non-hydrogen) atoms. The molecule has 1 aromatic rings.